The molecule has 0 amide bonds. The van der Waals surface area contributed by atoms with Gasteiger partial charge in [0.2, 0.25) is 0 Å². The Morgan fingerprint density at radius 3 is 1.91 bits per heavy atom. The highest BCUT2D eigenvalue weighted by Crippen LogP contribution is 2.45. The molecule has 0 saturated carbocycles. The summed E-state index contributed by atoms with van der Waals surface area (Å²) in [6.45, 7) is 8.65. The Balaban J connectivity index is 1.78. The molecule has 0 radical (unpaired) electrons. The van der Waals surface area contributed by atoms with Crippen LogP contribution in [0.25, 0.3) is 11.1 Å². The molecule has 0 unspecified atom stereocenters. The molecule has 2 heteroatoms. The summed E-state index contributed by atoms with van der Waals surface area (Å²) in [5.74, 6) is 0. The summed E-state index contributed by atoms with van der Waals surface area (Å²) in [5.41, 5.74) is 4.41. The Bertz CT molecular complexity index is 681. The van der Waals surface area contributed by atoms with Crippen LogP contribution in [0.4, 0.5) is 5.69 Å². The van der Waals surface area contributed by atoms with E-state index in [0.717, 1.165) is 11.4 Å². The van der Waals surface area contributed by atoms with E-state index < -0.39 is 0 Å². The highest BCUT2D eigenvalue weighted by atomic mass is 16.5. The fraction of sp³-hybridized carbons (Fsp3) is 0.300. The first-order valence-corrected chi connectivity index (χ1v) is 7.71. The molecule has 1 N–H and O–H groups in total. The first-order valence-electron chi connectivity index (χ1n) is 7.71. The van der Waals surface area contributed by atoms with Crippen molar-refractivity contribution >= 4 is 5.69 Å². The molecule has 2 aromatic rings. The van der Waals surface area contributed by atoms with E-state index in [2.05, 4.69) is 81.5 Å². The van der Waals surface area contributed by atoms with Gasteiger partial charge in [0.15, 0.2) is 0 Å². The Morgan fingerprint density at radius 2 is 1.36 bits per heavy atom. The lowest BCUT2D eigenvalue weighted by molar-refractivity contribution is 0.00532. The molecule has 0 atom stereocenters. The van der Waals surface area contributed by atoms with Gasteiger partial charge in [-0.05, 0) is 37.1 Å². The molecule has 0 bridgehead atoms. The van der Waals surface area contributed by atoms with Crippen molar-refractivity contribution in [3.05, 3.63) is 66.6 Å². The van der Waals surface area contributed by atoms with Crippen LogP contribution in [0.5, 0.6) is 0 Å². The second-order valence-electron chi connectivity index (χ2n) is 6.85. The SMILES string of the molecule is CC1(C)OC=C(Nc2ccc(-c3ccccc3)cc2)C1(C)C. The minimum absolute atomic E-state index is 0.0505. The number of anilines is 1. The van der Waals surface area contributed by atoms with Crippen LogP contribution in [0.1, 0.15) is 27.7 Å². The second-order valence-corrected chi connectivity index (χ2v) is 6.85. The molecule has 0 fully saturated rings. The molecule has 0 aromatic heterocycles. The fourth-order valence-electron chi connectivity index (χ4n) is 2.54. The molecule has 2 aromatic carbocycles. The van der Waals surface area contributed by atoms with Gasteiger partial charge in [0.1, 0.15) is 11.9 Å². The van der Waals surface area contributed by atoms with E-state index in [1.165, 1.54) is 11.1 Å². The second kappa shape index (κ2) is 5.20. The zero-order valence-corrected chi connectivity index (χ0v) is 13.7. The van der Waals surface area contributed by atoms with Crippen molar-refractivity contribution in [3.8, 4) is 11.1 Å². The van der Waals surface area contributed by atoms with Crippen molar-refractivity contribution in [1.82, 2.24) is 0 Å². The molecule has 1 aliphatic rings. The quantitative estimate of drug-likeness (QED) is 0.813. The fourth-order valence-corrected chi connectivity index (χ4v) is 2.54. The smallest absolute Gasteiger partial charge is 0.113 e. The lowest BCUT2D eigenvalue weighted by Gasteiger charge is -2.35. The van der Waals surface area contributed by atoms with Gasteiger partial charge in [0.05, 0.1) is 5.70 Å². The third-order valence-electron chi connectivity index (χ3n) is 4.92. The maximum Gasteiger partial charge on any atom is 0.113 e. The highest BCUT2D eigenvalue weighted by molar-refractivity contribution is 5.66. The molecule has 3 rings (SSSR count). The van der Waals surface area contributed by atoms with Crippen molar-refractivity contribution in [2.75, 3.05) is 5.32 Å². The molecule has 22 heavy (non-hydrogen) atoms. The van der Waals surface area contributed by atoms with Crippen LogP contribution in [0.15, 0.2) is 66.6 Å². The first kappa shape index (κ1) is 14.7. The van der Waals surface area contributed by atoms with E-state index in [1.54, 1.807) is 0 Å². The third-order valence-corrected chi connectivity index (χ3v) is 4.92. The van der Waals surface area contributed by atoms with Gasteiger partial charge in [-0.3, -0.25) is 0 Å². The van der Waals surface area contributed by atoms with Crippen LogP contribution < -0.4 is 5.32 Å². The molecule has 0 saturated heterocycles. The normalized spacial score (nSPS) is 18.5. The van der Waals surface area contributed by atoms with Crippen LogP contribution >= 0.6 is 0 Å². The summed E-state index contributed by atoms with van der Waals surface area (Å²) in [5, 5.41) is 3.50. The molecular weight excluding hydrogens is 270 g/mol. The van der Waals surface area contributed by atoms with Crippen molar-refractivity contribution in [1.29, 1.82) is 0 Å². The van der Waals surface area contributed by atoms with Gasteiger partial charge in [-0.2, -0.15) is 0 Å². The van der Waals surface area contributed by atoms with Crippen LogP contribution in [0, 0.1) is 5.41 Å². The van der Waals surface area contributed by atoms with Crippen LogP contribution in [-0.4, -0.2) is 5.60 Å². The molecular formula is C20H23NO. The topological polar surface area (TPSA) is 21.3 Å². The molecule has 1 aliphatic heterocycles. The van der Waals surface area contributed by atoms with E-state index in [-0.39, 0.29) is 11.0 Å². The summed E-state index contributed by atoms with van der Waals surface area (Å²) in [7, 11) is 0. The van der Waals surface area contributed by atoms with E-state index in [0.29, 0.717) is 0 Å². The molecule has 0 spiro atoms. The van der Waals surface area contributed by atoms with Crippen molar-refractivity contribution in [2.45, 2.75) is 33.3 Å². The predicted octanol–water partition coefficient (Wildman–Crippen LogP) is 5.44. The number of hydrogen-bond acceptors (Lipinski definition) is 2. The van der Waals surface area contributed by atoms with E-state index in [9.17, 15) is 0 Å². The molecule has 2 nitrogen and oxygen atoms in total. The van der Waals surface area contributed by atoms with Gasteiger partial charge in [-0.15, -0.1) is 0 Å². The monoisotopic (exact) mass is 293 g/mol. The summed E-state index contributed by atoms with van der Waals surface area (Å²) in [6, 6.07) is 18.9. The van der Waals surface area contributed by atoms with Gasteiger partial charge >= 0.3 is 0 Å². The minimum atomic E-state index is -0.195. The maximum atomic E-state index is 5.81. The van der Waals surface area contributed by atoms with Crippen molar-refractivity contribution in [3.63, 3.8) is 0 Å². The van der Waals surface area contributed by atoms with Gasteiger partial charge in [0.25, 0.3) is 0 Å². The molecule has 114 valence electrons. The van der Waals surface area contributed by atoms with Crippen LogP contribution in [0.2, 0.25) is 0 Å². The lowest BCUT2D eigenvalue weighted by atomic mass is 9.76. The summed E-state index contributed by atoms with van der Waals surface area (Å²) >= 11 is 0. The Kier molecular flexibility index (Phi) is 3.48. The number of nitrogens with one attached hydrogen (secondary N) is 1. The molecule has 1 heterocycles. The van der Waals surface area contributed by atoms with E-state index >= 15 is 0 Å². The van der Waals surface area contributed by atoms with E-state index in [1.807, 2.05) is 12.3 Å². The molecule has 0 aliphatic carbocycles. The zero-order valence-electron chi connectivity index (χ0n) is 13.7. The van der Waals surface area contributed by atoms with Crippen LogP contribution in [0.3, 0.4) is 0 Å². The Morgan fingerprint density at radius 1 is 0.773 bits per heavy atom. The zero-order chi connectivity index (χ0) is 15.8. The first-order chi connectivity index (χ1) is 10.4. The number of hydrogen-bond donors (Lipinski definition) is 1. The highest BCUT2D eigenvalue weighted by Gasteiger charge is 2.46. The average Bonchev–Trinajstić information content (AvgIpc) is 2.71. The predicted molar refractivity (Wildman–Crippen MR) is 92.5 cm³/mol. The maximum absolute atomic E-state index is 5.81. The summed E-state index contributed by atoms with van der Waals surface area (Å²) < 4.78 is 5.81. The van der Waals surface area contributed by atoms with Crippen molar-refractivity contribution in [2.24, 2.45) is 5.41 Å². The standard InChI is InChI=1S/C20H23NO/c1-19(2)18(14-22-20(19,3)4)21-17-12-10-16(11-13-17)15-8-6-5-7-9-15/h5-14,21H,1-4H3. The third kappa shape index (κ3) is 2.50. The van der Waals surface area contributed by atoms with Gasteiger partial charge in [-0.1, -0.05) is 56.3 Å². The number of rotatable bonds is 3. The van der Waals surface area contributed by atoms with Crippen LogP contribution in [-0.2, 0) is 4.74 Å². The average molecular weight is 293 g/mol. The number of ether oxygens (including phenoxy) is 1. The Hall–Kier alpha value is -2.22. The summed E-state index contributed by atoms with van der Waals surface area (Å²) in [6.07, 6.45) is 1.85. The van der Waals surface area contributed by atoms with Crippen molar-refractivity contribution < 1.29 is 4.74 Å². The summed E-state index contributed by atoms with van der Waals surface area (Å²) in [4.78, 5) is 0. The Labute approximate surface area is 132 Å². The van der Waals surface area contributed by atoms with E-state index in [4.69, 9.17) is 4.74 Å². The largest absolute Gasteiger partial charge is 0.493 e. The lowest BCUT2D eigenvalue weighted by Crippen LogP contribution is -2.38. The minimum Gasteiger partial charge on any atom is -0.493 e. The van der Waals surface area contributed by atoms with Gasteiger partial charge in [0, 0.05) is 11.1 Å². The number of benzene rings is 2. The van der Waals surface area contributed by atoms with Gasteiger partial charge in [-0.25, -0.2) is 0 Å². The van der Waals surface area contributed by atoms with Gasteiger partial charge < -0.3 is 10.1 Å².